The van der Waals surface area contributed by atoms with Crippen LogP contribution in [0, 0.1) is 5.92 Å². The van der Waals surface area contributed by atoms with Crippen LogP contribution in [0.3, 0.4) is 0 Å². The van der Waals surface area contributed by atoms with Gasteiger partial charge in [-0.3, -0.25) is 9.59 Å². The molecule has 2 aromatic rings. The first-order valence-electron chi connectivity index (χ1n) is 8.30. The van der Waals surface area contributed by atoms with Gasteiger partial charge in [0.1, 0.15) is 0 Å². The van der Waals surface area contributed by atoms with Gasteiger partial charge >= 0.3 is 0 Å². The fourth-order valence-electron chi connectivity index (χ4n) is 3.08. The Morgan fingerprint density at radius 2 is 1.83 bits per heavy atom. The molecule has 1 N–H and O–H groups in total. The molecule has 0 spiro atoms. The zero-order chi connectivity index (χ0) is 16.9. The second-order valence-electron chi connectivity index (χ2n) is 6.32. The minimum Gasteiger partial charge on any atom is -0.341 e. The lowest BCUT2D eigenvalue weighted by atomic mass is 9.89. The number of rotatable bonds is 5. The summed E-state index contributed by atoms with van der Waals surface area (Å²) in [4.78, 5) is 26.3. The summed E-state index contributed by atoms with van der Waals surface area (Å²) in [6, 6.07) is 17.8. The number of carbonyl (C=O) groups excluding carboxylic acids is 2. The zero-order valence-corrected chi connectivity index (χ0v) is 13.9. The average Bonchev–Trinajstić information content (AvgIpc) is 2.60. The van der Waals surface area contributed by atoms with Gasteiger partial charge in [0, 0.05) is 31.6 Å². The molecule has 0 aliphatic carbocycles. The molecule has 1 aliphatic heterocycles. The van der Waals surface area contributed by atoms with Crippen molar-refractivity contribution < 1.29 is 9.59 Å². The number of nitrogens with zero attached hydrogens (tertiary/aromatic N) is 1. The monoisotopic (exact) mass is 322 g/mol. The van der Waals surface area contributed by atoms with E-state index in [1.54, 1.807) is 4.90 Å². The molecule has 0 aromatic heterocycles. The van der Waals surface area contributed by atoms with Crippen molar-refractivity contribution in [3.63, 3.8) is 0 Å². The third-order valence-corrected chi connectivity index (χ3v) is 4.51. The van der Waals surface area contributed by atoms with E-state index >= 15 is 0 Å². The smallest absolute Gasteiger partial charge is 0.227 e. The Hall–Kier alpha value is -2.62. The molecule has 0 bridgehead atoms. The van der Waals surface area contributed by atoms with Crippen LogP contribution in [-0.2, 0) is 22.6 Å². The van der Waals surface area contributed by atoms with Crippen LogP contribution in [-0.4, -0.2) is 23.8 Å². The fraction of sp³-hybridized carbons (Fsp3) is 0.300. The lowest BCUT2D eigenvalue weighted by Gasteiger charge is -2.25. The first-order valence-corrected chi connectivity index (χ1v) is 8.30. The fourth-order valence-corrected chi connectivity index (χ4v) is 3.08. The second kappa shape index (κ2) is 7.30. The topological polar surface area (TPSA) is 49.4 Å². The summed E-state index contributed by atoms with van der Waals surface area (Å²) in [6.07, 6.45) is 1.68. The first kappa shape index (κ1) is 16.2. The van der Waals surface area contributed by atoms with Crippen LogP contribution in [0.5, 0.6) is 0 Å². The van der Waals surface area contributed by atoms with Crippen molar-refractivity contribution >= 4 is 17.5 Å². The highest BCUT2D eigenvalue weighted by atomic mass is 16.2. The molecule has 24 heavy (non-hydrogen) atoms. The van der Waals surface area contributed by atoms with E-state index in [2.05, 4.69) is 5.32 Å². The van der Waals surface area contributed by atoms with E-state index in [0.29, 0.717) is 25.8 Å². The summed E-state index contributed by atoms with van der Waals surface area (Å²) in [5.41, 5.74) is 3.15. The number of hydrogen-bond acceptors (Lipinski definition) is 2. The number of nitrogens with one attached hydrogen (secondary N) is 1. The average molecular weight is 322 g/mol. The van der Waals surface area contributed by atoms with Crippen molar-refractivity contribution in [2.45, 2.75) is 25.8 Å². The molecule has 0 saturated heterocycles. The zero-order valence-electron chi connectivity index (χ0n) is 13.9. The van der Waals surface area contributed by atoms with Gasteiger partial charge in [0.2, 0.25) is 11.8 Å². The van der Waals surface area contributed by atoms with Gasteiger partial charge in [-0.25, -0.2) is 0 Å². The summed E-state index contributed by atoms with van der Waals surface area (Å²) in [5, 5.41) is 2.94. The first-order chi connectivity index (χ1) is 11.6. The van der Waals surface area contributed by atoms with Crippen molar-refractivity contribution in [2.24, 2.45) is 5.92 Å². The minimum absolute atomic E-state index is 0.0206. The molecule has 1 aliphatic rings. The van der Waals surface area contributed by atoms with Gasteiger partial charge in [-0.1, -0.05) is 48.5 Å². The highest BCUT2D eigenvalue weighted by Gasteiger charge is 2.26. The van der Waals surface area contributed by atoms with Gasteiger partial charge in [0.25, 0.3) is 0 Å². The van der Waals surface area contributed by atoms with Crippen LogP contribution in [0.2, 0.25) is 0 Å². The molecule has 4 nitrogen and oxygen atoms in total. The molecule has 0 saturated carbocycles. The van der Waals surface area contributed by atoms with E-state index in [0.717, 1.165) is 16.8 Å². The molecule has 2 aromatic carbocycles. The second-order valence-corrected chi connectivity index (χ2v) is 6.32. The Kier molecular flexibility index (Phi) is 4.94. The van der Waals surface area contributed by atoms with Gasteiger partial charge in [-0.2, -0.15) is 0 Å². The van der Waals surface area contributed by atoms with E-state index in [-0.39, 0.29) is 17.7 Å². The Bertz CT molecular complexity index is 727. The maximum atomic E-state index is 12.3. The van der Waals surface area contributed by atoms with Crippen LogP contribution >= 0.6 is 0 Å². The normalized spacial score (nSPS) is 16.2. The number of amides is 2. The van der Waals surface area contributed by atoms with Crippen molar-refractivity contribution in [1.82, 2.24) is 4.90 Å². The van der Waals surface area contributed by atoms with Crippen molar-refractivity contribution in [2.75, 3.05) is 12.4 Å². The summed E-state index contributed by atoms with van der Waals surface area (Å²) in [6.45, 7) is 0.597. The molecule has 2 amide bonds. The molecule has 1 unspecified atom stereocenters. The van der Waals surface area contributed by atoms with Gasteiger partial charge in [0.05, 0.1) is 0 Å². The Morgan fingerprint density at radius 3 is 2.62 bits per heavy atom. The number of fused-ring (bicyclic) bond motifs is 1. The van der Waals surface area contributed by atoms with Gasteiger partial charge in [-0.15, -0.1) is 0 Å². The Balaban J connectivity index is 1.54. The van der Waals surface area contributed by atoms with Crippen molar-refractivity contribution in [3.8, 4) is 0 Å². The molecular formula is C20H22N2O2. The third-order valence-electron chi connectivity index (χ3n) is 4.51. The summed E-state index contributed by atoms with van der Waals surface area (Å²) < 4.78 is 0. The van der Waals surface area contributed by atoms with Crippen molar-refractivity contribution in [3.05, 3.63) is 65.7 Å². The predicted octanol–water partition coefficient (Wildman–Crippen LogP) is 3.24. The molecule has 1 atom stereocenters. The highest BCUT2D eigenvalue weighted by molar-refractivity contribution is 5.96. The van der Waals surface area contributed by atoms with Crippen LogP contribution in [0.4, 0.5) is 5.69 Å². The maximum Gasteiger partial charge on any atom is 0.227 e. The van der Waals surface area contributed by atoms with E-state index < -0.39 is 0 Å². The lowest BCUT2D eigenvalue weighted by molar-refractivity contribution is -0.131. The number of para-hydroxylation sites is 1. The molecule has 0 fully saturated rings. The van der Waals surface area contributed by atoms with E-state index in [4.69, 9.17) is 0 Å². The van der Waals surface area contributed by atoms with E-state index in [1.807, 2.05) is 61.6 Å². The molecule has 0 radical (unpaired) electrons. The number of anilines is 1. The van der Waals surface area contributed by atoms with Crippen LogP contribution in [0.25, 0.3) is 0 Å². The summed E-state index contributed by atoms with van der Waals surface area (Å²) in [5.74, 6) is -0.0355. The molecule has 124 valence electrons. The van der Waals surface area contributed by atoms with Gasteiger partial charge in [0.15, 0.2) is 0 Å². The molecule has 1 heterocycles. The maximum absolute atomic E-state index is 12.3. The third kappa shape index (κ3) is 3.82. The number of carbonyl (C=O) groups is 2. The Labute approximate surface area is 142 Å². The predicted molar refractivity (Wildman–Crippen MR) is 94.4 cm³/mol. The van der Waals surface area contributed by atoms with Crippen LogP contribution in [0.15, 0.2) is 54.6 Å². The van der Waals surface area contributed by atoms with Gasteiger partial charge < -0.3 is 10.2 Å². The standard InChI is InChI=1S/C20H22N2O2/c1-22(14-15-7-3-2-4-8-15)19(23)12-11-17-13-16-9-5-6-10-18(16)21-20(17)24/h2-10,17H,11-14H2,1H3,(H,21,24). The molecular weight excluding hydrogens is 300 g/mol. The van der Waals surface area contributed by atoms with Crippen LogP contribution < -0.4 is 5.32 Å². The molecule has 3 rings (SSSR count). The summed E-state index contributed by atoms with van der Waals surface area (Å²) in [7, 11) is 1.81. The van der Waals surface area contributed by atoms with E-state index in [9.17, 15) is 9.59 Å². The van der Waals surface area contributed by atoms with Crippen molar-refractivity contribution in [1.29, 1.82) is 0 Å². The Morgan fingerprint density at radius 1 is 1.12 bits per heavy atom. The van der Waals surface area contributed by atoms with Crippen LogP contribution in [0.1, 0.15) is 24.0 Å². The quantitative estimate of drug-likeness (QED) is 0.919. The lowest BCUT2D eigenvalue weighted by Crippen LogP contribution is -2.32. The highest BCUT2D eigenvalue weighted by Crippen LogP contribution is 2.27. The number of hydrogen-bond donors (Lipinski definition) is 1. The minimum atomic E-state index is -0.131. The largest absolute Gasteiger partial charge is 0.341 e. The summed E-state index contributed by atoms with van der Waals surface area (Å²) >= 11 is 0. The van der Waals surface area contributed by atoms with Gasteiger partial charge in [-0.05, 0) is 30.0 Å². The number of benzene rings is 2. The molecule has 4 heteroatoms. The SMILES string of the molecule is CN(Cc1ccccc1)C(=O)CCC1Cc2ccccc2NC1=O. The van der Waals surface area contributed by atoms with E-state index in [1.165, 1.54) is 0 Å².